The third kappa shape index (κ3) is 3.70. The maximum absolute atomic E-state index is 13.1. The minimum absolute atomic E-state index is 0.135. The van der Waals surface area contributed by atoms with E-state index in [9.17, 15) is 4.39 Å². The molecule has 1 saturated heterocycles. The number of piperidine rings is 1. The van der Waals surface area contributed by atoms with Crippen molar-refractivity contribution in [2.24, 2.45) is 0 Å². The summed E-state index contributed by atoms with van der Waals surface area (Å²) in [6, 6.07) is 5.84. The van der Waals surface area contributed by atoms with Gasteiger partial charge in [0.2, 0.25) is 0 Å². The van der Waals surface area contributed by atoms with Crippen LogP contribution >= 0.6 is 0 Å². The highest BCUT2D eigenvalue weighted by Crippen LogP contribution is 2.14. The average Bonchev–Trinajstić information content (AvgIpc) is 2.35. The van der Waals surface area contributed by atoms with Crippen LogP contribution in [0.2, 0.25) is 0 Å². The predicted molar refractivity (Wildman–Crippen MR) is 69.9 cm³/mol. The summed E-state index contributed by atoms with van der Waals surface area (Å²) in [5.74, 6) is -0.135. The van der Waals surface area contributed by atoms with Gasteiger partial charge in [-0.25, -0.2) is 4.39 Å². The first-order valence-corrected chi connectivity index (χ1v) is 6.49. The third-order valence-electron chi connectivity index (χ3n) is 3.39. The summed E-state index contributed by atoms with van der Waals surface area (Å²) < 4.78 is 13.1. The molecule has 1 heterocycles. The van der Waals surface area contributed by atoms with Crippen LogP contribution < -0.4 is 10.6 Å². The number of nitrogens with one attached hydrogen (secondary N) is 2. The van der Waals surface area contributed by atoms with E-state index in [1.54, 1.807) is 13.0 Å². The van der Waals surface area contributed by atoms with Crippen molar-refractivity contribution < 1.29 is 4.39 Å². The largest absolute Gasteiger partial charge is 0.385 e. The molecule has 1 aromatic carbocycles. The molecule has 3 heteroatoms. The highest BCUT2D eigenvalue weighted by atomic mass is 19.1. The number of halogens is 1. The first-order valence-electron chi connectivity index (χ1n) is 6.49. The van der Waals surface area contributed by atoms with Crippen LogP contribution in [0.25, 0.3) is 0 Å². The van der Waals surface area contributed by atoms with Crippen molar-refractivity contribution in [2.75, 3.05) is 18.4 Å². The average molecular weight is 236 g/mol. The lowest BCUT2D eigenvalue weighted by molar-refractivity contribution is 0.389. The first-order chi connectivity index (χ1) is 8.25. The van der Waals surface area contributed by atoms with Crippen molar-refractivity contribution in [1.82, 2.24) is 5.32 Å². The summed E-state index contributed by atoms with van der Waals surface area (Å²) in [6.45, 7) is 3.90. The number of rotatable bonds is 4. The maximum Gasteiger partial charge on any atom is 0.126 e. The monoisotopic (exact) mass is 236 g/mol. The van der Waals surface area contributed by atoms with E-state index in [1.807, 2.05) is 6.07 Å². The van der Waals surface area contributed by atoms with Crippen molar-refractivity contribution in [3.05, 3.63) is 29.6 Å². The van der Waals surface area contributed by atoms with Crippen LogP contribution in [0.15, 0.2) is 18.2 Å². The normalized spacial score (nSPS) is 20.2. The summed E-state index contributed by atoms with van der Waals surface area (Å²) >= 11 is 0. The highest BCUT2D eigenvalue weighted by Gasteiger charge is 2.11. The van der Waals surface area contributed by atoms with Crippen molar-refractivity contribution >= 4 is 5.69 Å². The molecule has 0 amide bonds. The van der Waals surface area contributed by atoms with E-state index >= 15 is 0 Å². The number of hydrogen-bond acceptors (Lipinski definition) is 2. The Balaban J connectivity index is 1.75. The zero-order chi connectivity index (χ0) is 12.1. The van der Waals surface area contributed by atoms with Gasteiger partial charge >= 0.3 is 0 Å². The first kappa shape index (κ1) is 12.4. The van der Waals surface area contributed by atoms with Gasteiger partial charge in [0.05, 0.1) is 0 Å². The Morgan fingerprint density at radius 1 is 1.41 bits per heavy atom. The molecule has 0 aliphatic carbocycles. The van der Waals surface area contributed by atoms with E-state index in [2.05, 4.69) is 10.6 Å². The van der Waals surface area contributed by atoms with Crippen LogP contribution in [0, 0.1) is 12.7 Å². The zero-order valence-electron chi connectivity index (χ0n) is 10.4. The minimum atomic E-state index is -0.135. The second-order valence-electron chi connectivity index (χ2n) is 4.83. The van der Waals surface area contributed by atoms with Gasteiger partial charge in [0.1, 0.15) is 5.82 Å². The fraction of sp³-hybridized carbons (Fsp3) is 0.571. The van der Waals surface area contributed by atoms with Gasteiger partial charge in [0, 0.05) is 18.3 Å². The summed E-state index contributed by atoms with van der Waals surface area (Å²) in [4.78, 5) is 0. The van der Waals surface area contributed by atoms with Gasteiger partial charge in [-0.05, 0) is 56.5 Å². The molecule has 1 aliphatic heterocycles. The highest BCUT2D eigenvalue weighted by molar-refractivity contribution is 5.45. The van der Waals surface area contributed by atoms with Crippen LogP contribution in [0.1, 0.15) is 31.2 Å². The smallest absolute Gasteiger partial charge is 0.126 e. The van der Waals surface area contributed by atoms with E-state index in [0.29, 0.717) is 11.6 Å². The molecule has 0 spiro atoms. The van der Waals surface area contributed by atoms with Gasteiger partial charge in [-0.3, -0.25) is 0 Å². The number of anilines is 1. The fourth-order valence-electron chi connectivity index (χ4n) is 2.32. The Bertz CT molecular complexity index is 359. The van der Waals surface area contributed by atoms with Crippen LogP contribution in [-0.2, 0) is 0 Å². The summed E-state index contributed by atoms with van der Waals surface area (Å²) in [5.41, 5.74) is 1.71. The molecule has 1 unspecified atom stereocenters. The van der Waals surface area contributed by atoms with Crippen LogP contribution in [-0.4, -0.2) is 19.1 Å². The molecule has 1 aromatic rings. The fourth-order valence-corrected chi connectivity index (χ4v) is 2.32. The second kappa shape index (κ2) is 6.01. The Kier molecular flexibility index (Phi) is 4.37. The zero-order valence-corrected chi connectivity index (χ0v) is 10.4. The molecular weight excluding hydrogens is 215 g/mol. The molecule has 1 fully saturated rings. The molecule has 17 heavy (non-hydrogen) atoms. The Hall–Kier alpha value is -1.09. The molecule has 0 bridgehead atoms. The third-order valence-corrected chi connectivity index (χ3v) is 3.39. The van der Waals surface area contributed by atoms with Crippen LogP contribution in [0.5, 0.6) is 0 Å². The van der Waals surface area contributed by atoms with E-state index in [-0.39, 0.29) is 5.82 Å². The Labute approximate surface area is 103 Å². The molecule has 1 atom stereocenters. The van der Waals surface area contributed by atoms with Crippen molar-refractivity contribution in [3.8, 4) is 0 Å². The molecule has 94 valence electrons. The van der Waals surface area contributed by atoms with E-state index in [4.69, 9.17) is 0 Å². The van der Waals surface area contributed by atoms with Crippen molar-refractivity contribution in [2.45, 2.75) is 38.6 Å². The number of hydrogen-bond donors (Lipinski definition) is 2. The van der Waals surface area contributed by atoms with Gasteiger partial charge in [0.15, 0.2) is 0 Å². The molecule has 2 nitrogen and oxygen atoms in total. The van der Waals surface area contributed by atoms with E-state index < -0.39 is 0 Å². The van der Waals surface area contributed by atoms with Gasteiger partial charge in [-0.1, -0.05) is 6.42 Å². The van der Waals surface area contributed by atoms with Crippen LogP contribution in [0.4, 0.5) is 10.1 Å². The van der Waals surface area contributed by atoms with Gasteiger partial charge < -0.3 is 10.6 Å². The molecule has 2 rings (SSSR count). The van der Waals surface area contributed by atoms with Crippen molar-refractivity contribution in [1.29, 1.82) is 0 Å². The molecular formula is C14H21FN2. The summed E-state index contributed by atoms with van der Waals surface area (Å²) in [6.07, 6.45) is 5.06. The van der Waals surface area contributed by atoms with Gasteiger partial charge in [0.25, 0.3) is 0 Å². The molecule has 2 N–H and O–H groups in total. The molecule has 0 saturated carbocycles. The number of aryl methyl sites for hydroxylation is 1. The van der Waals surface area contributed by atoms with Crippen LogP contribution in [0.3, 0.4) is 0 Å². The molecule has 1 aliphatic rings. The topological polar surface area (TPSA) is 24.1 Å². The SMILES string of the molecule is Cc1cc(NCCC2CCCCN2)ccc1F. The van der Waals surface area contributed by atoms with Crippen molar-refractivity contribution in [3.63, 3.8) is 0 Å². The lowest BCUT2D eigenvalue weighted by Crippen LogP contribution is -2.35. The maximum atomic E-state index is 13.1. The van der Waals surface area contributed by atoms with E-state index in [1.165, 1.54) is 25.3 Å². The number of benzene rings is 1. The summed E-state index contributed by atoms with van der Waals surface area (Å²) in [5, 5.41) is 6.88. The molecule has 0 radical (unpaired) electrons. The Morgan fingerprint density at radius 2 is 2.29 bits per heavy atom. The molecule has 0 aromatic heterocycles. The second-order valence-corrected chi connectivity index (χ2v) is 4.83. The lowest BCUT2D eigenvalue weighted by Gasteiger charge is -2.23. The van der Waals surface area contributed by atoms with Gasteiger partial charge in [-0.15, -0.1) is 0 Å². The standard InChI is InChI=1S/C14H21FN2/c1-11-10-13(5-6-14(11)15)17-9-7-12-4-2-3-8-16-12/h5-6,10,12,16-17H,2-4,7-9H2,1H3. The summed E-state index contributed by atoms with van der Waals surface area (Å²) in [7, 11) is 0. The van der Waals surface area contributed by atoms with E-state index in [0.717, 1.165) is 25.2 Å². The lowest BCUT2D eigenvalue weighted by atomic mass is 10.0. The predicted octanol–water partition coefficient (Wildman–Crippen LogP) is 3.08. The quantitative estimate of drug-likeness (QED) is 0.839. The minimum Gasteiger partial charge on any atom is -0.385 e. The van der Waals surface area contributed by atoms with Gasteiger partial charge in [-0.2, -0.15) is 0 Å². The Morgan fingerprint density at radius 3 is 3.00 bits per heavy atom.